The van der Waals surface area contributed by atoms with Crippen molar-refractivity contribution in [3.63, 3.8) is 0 Å². The van der Waals surface area contributed by atoms with Gasteiger partial charge in [0.15, 0.2) is 0 Å². The molecule has 0 bridgehead atoms. The zero-order valence-corrected chi connectivity index (χ0v) is 24.7. The van der Waals surface area contributed by atoms with Crippen molar-refractivity contribution in [1.29, 1.82) is 0 Å². The Morgan fingerprint density at radius 3 is 2.21 bits per heavy atom. The summed E-state index contributed by atoms with van der Waals surface area (Å²) in [6, 6.07) is 3.57. The van der Waals surface area contributed by atoms with Crippen molar-refractivity contribution in [1.82, 2.24) is 20.9 Å². The minimum atomic E-state index is -1.66. The van der Waals surface area contributed by atoms with Crippen molar-refractivity contribution in [3.05, 3.63) is 35.9 Å². The Kier molecular flexibility index (Phi) is 14.0. The van der Waals surface area contributed by atoms with Crippen molar-refractivity contribution in [3.8, 4) is 0 Å². The molecule has 0 aliphatic carbocycles. The fourth-order valence-electron chi connectivity index (χ4n) is 4.89. The molecule has 0 spiro atoms. The van der Waals surface area contributed by atoms with Gasteiger partial charge in [-0.1, -0.05) is 44.2 Å². The van der Waals surface area contributed by atoms with Crippen LogP contribution in [0.5, 0.6) is 0 Å². The van der Waals surface area contributed by atoms with Gasteiger partial charge in [0.05, 0.1) is 12.5 Å². The van der Waals surface area contributed by atoms with E-state index < -0.39 is 78.1 Å². The van der Waals surface area contributed by atoms with Gasteiger partial charge in [-0.2, -0.15) is 0 Å². The maximum absolute atomic E-state index is 13.6. The maximum Gasteiger partial charge on any atom is 0.326 e. The molecule has 1 aromatic rings. The van der Waals surface area contributed by atoms with Gasteiger partial charge in [-0.25, -0.2) is 4.79 Å². The molecule has 1 saturated heterocycles. The summed E-state index contributed by atoms with van der Waals surface area (Å²) in [5.74, 6) is -5.74. The topological polar surface area (TPSA) is 234 Å². The first kappa shape index (κ1) is 35.2. The van der Waals surface area contributed by atoms with Crippen LogP contribution in [-0.2, 0) is 35.2 Å². The first-order valence-electron chi connectivity index (χ1n) is 14.5. The Bertz CT molecular complexity index is 1130. The van der Waals surface area contributed by atoms with Crippen molar-refractivity contribution in [2.75, 3.05) is 13.1 Å². The number of carboxylic acids is 2. The number of aliphatic carboxylic acids is 2. The van der Waals surface area contributed by atoms with E-state index in [-0.39, 0.29) is 25.8 Å². The molecule has 14 heteroatoms. The van der Waals surface area contributed by atoms with Crippen molar-refractivity contribution < 1.29 is 39.0 Å². The lowest BCUT2D eigenvalue weighted by molar-refractivity contribution is -0.148. The molecular weight excluding hydrogens is 560 g/mol. The minimum Gasteiger partial charge on any atom is -0.481 e. The Hall–Kier alpha value is -4.04. The predicted molar refractivity (Wildman–Crippen MR) is 156 cm³/mol. The number of hydrogen-bond donors (Lipinski definition) is 7. The molecule has 5 atom stereocenters. The highest BCUT2D eigenvalue weighted by atomic mass is 16.4. The Balaban J connectivity index is 2.15. The number of hydrogen-bond acceptors (Lipinski definition) is 8. The fourth-order valence-corrected chi connectivity index (χ4v) is 4.89. The Morgan fingerprint density at radius 1 is 0.953 bits per heavy atom. The van der Waals surface area contributed by atoms with Crippen LogP contribution in [0.4, 0.5) is 0 Å². The van der Waals surface area contributed by atoms with E-state index in [9.17, 15) is 33.9 Å². The van der Waals surface area contributed by atoms with Crippen LogP contribution in [0, 0.1) is 5.92 Å². The second-order valence-corrected chi connectivity index (χ2v) is 11.1. The Labute approximate surface area is 250 Å². The molecule has 0 radical (unpaired) electrons. The summed E-state index contributed by atoms with van der Waals surface area (Å²) < 4.78 is 0. The van der Waals surface area contributed by atoms with E-state index in [1.165, 1.54) is 4.90 Å². The van der Waals surface area contributed by atoms with Gasteiger partial charge in [-0.15, -0.1) is 0 Å². The molecule has 1 aliphatic heterocycles. The van der Waals surface area contributed by atoms with E-state index in [4.69, 9.17) is 16.6 Å². The predicted octanol–water partition coefficient (Wildman–Crippen LogP) is -0.654. The summed E-state index contributed by atoms with van der Waals surface area (Å²) in [6.45, 7) is 4.03. The minimum absolute atomic E-state index is 0.192. The van der Waals surface area contributed by atoms with Crippen LogP contribution < -0.4 is 27.4 Å². The van der Waals surface area contributed by atoms with Gasteiger partial charge in [0.25, 0.3) is 0 Å². The SMILES string of the molecule is CC(C)[C@H](NC(=O)[C@H](CCCCN)NC(=O)[C@@H](N)Cc1ccccc1)C(=O)N1CCC[C@H]1C(=O)N[C@@H](CC(=O)O)C(=O)O. The smallest absolute Gasteiger partial charge is 0.326 e. The molecule has 9 N–H and O–H groups in total. The third kappa shape index (κ3) is 10.9. The second kappa shape index (κ2) is 17.2. The monoisotopic (exact) mass is 604 g/mol. The molecule has 14 nitrogen and oxygen atoms in total. The summed E-state index contributed by atoms with van der Waals surface area (Å²) in [7, 11) is 0. The molecule has 0 unspecified atom stereocenters. The number of rotatable bonds is 17. The van der Waals surface area contributed by atoms with Crippen LogP contribution >= 0.6 is 0 Å². The second-order valence-electron chi connectivity index (χ2n) is 11.1. The lowest BCUT2D eigenvalue weighted by atomic mass is 10.00. The van der Waals surface area contributed by atoms with Gasteiger partial charge in [-0.3, -0.25) is 24.0 Å². The van der Waals surface area contributed by atoms with Crippen molar-refractivity contribution in [2.24, 2.45) is 17.4 Å². The summed E-state index contributed by atoms with van der Waals surface area (Å²) >= 11 is 0. The number of benzene rings is 1. The van der Waals surface area contributed by atoms with Gasteiger partial charge in [0.1, 0.15) is 24.2 Å². The normalized spacial score (nSPS) is 17.4. The Morgan fingerprint density at radius 2 is 1.63 bits per heavy atom. The van der Waals surface area contributed by atoms with Gasteiger partial charge in [0.2, 0.25) is 23.6 Å². The van der Waals surface area contributed by atoms with E-state index in [1.54, 1.807) is 13.8 Å². The molecule has 4 amide bonds. The van der Waals surface area contributed by atoms with Crippen LogP contribution in [-0.4, -0.2) is 94.0 Å². The van der Waals surface area contributed by atoms with Crippen molar-refractivity contribution >= 4 is 35.6 Å². The maximum atomic E-state index is 13.6. The summed E-state index contributed by atoms with van der Waals surface area (Å²) in [4.78, 5) is 76.7. The van der Waals surface area contributed by atoms with Crippen LogP contribution in [0.1, 0.15) is 57.9 Å². The van der Waals surface area contributed by atoms with Crippen LogP contribution in [0.3, 0.4) is 0 Å². The zero-order chi connectivity index (χ0) is 32.1. The third-order valence-electron chi connectivity index (χ3n) is 7.28. The van der Waals surface area contributed by atoms with E-state index in [2.05, 4.69) is 16.0 Å². The highest BCUT2D eigenvalue weighted by Crippen LogP contribution is 2.21. The van der Waals surface area contributed by atoms with Gasteiger partial charge in [0, 0.05) is 6.54 Å². The first-order valence-corrected chi connectivity index (χ1v) is 14.5. The molecule has 1 aromatic carbocycles. The number of nitrogens with two attached hydrogens (primary N) is 2. The molecule has 1 aliphatic rings. The molecule has 238 valence electrons. The first-order chi connectivity index (χ1) is 20.3. The highest BCUT2D eigenvalue weighted by Gasteiger charge is 2.40. The van der Waals surface area contributed by atoms with Gasteiger partial charge in [-0.05, 0) is 56.6 Å². The number of nitrogens with one attached hydrogen (secondary N) is 3. The number of amides is 4. The number of likely N-dealkylation sites (tertiary alicyclic amines) is 1. The fraction of sp³-hybridized carbons (Fsp3) is 0.586. The number of carbonyl (C=O) groups excluding carboxylic acids is 4. The van der Waals surface area contributed by atoms with Crippen LogP contribution in [0.2, 0.25) is 0 Å². The summed E-state index contributed by atoms with van der Waals surface area (Å²) in [5, 5.41) is 25.9. The lowest BCUT2D eigenvalue weighted by Crippen LogP contribution is -2.59. The average molecular weight is 605 g/mol. The molecule has 0 aromatic heterocycles. The third-order valence-corrected chi connectivity index (χ3v) is 7.28. The average Bonchev–Trinajstić information content (AvgIpc) is 3.45. The van der Waals surface area contributed by atoms with E-state index in [0.717, 1.165) is 5.56 Å². The van der Waals surface area contributed by atoms with Gasteiger partial charge < -0.3 is 42.5 Å². The highest BCUT2D eigenvalue weighted by molar-refractivity contribution is 5.96. The van der Waals surface area contributed by atoms with Crippen LogP contribution in [0.15, 0.2) is 30.3 Å². The quantitative estimate of drug-likeness (QED) is 0.111. The molecule has 2 rings (SSSR count). The molecule has 43 heavy (non-hydrogen) atoms. The number of unbranched alkanes of at least 4 members (excludes halogenated alkanes) is 1. The number of nitrogens with zero attached hydrogens (tertiary/aromatic N) is 1. The van der Waals surface area contributed by atoms with Crippen LogP contribution in [0.25, 0.3) is 0 Å². The van der Waals surface area contributed by atoms with Crippen molar-refractivity contribution in [2.45, 2.75) is 89.0 Å². The standard InChI is InChI=1S/C29H44N6O8/c1-17(2)24(28(41)35-14-8-12-22(35)27(40)33-21(29(42)43)16-23(36)37)34-26(39)20(11-6-7-13-30)32-25(38)19(31)15-18-9-4-3-5-10-18/h3-5,9-10,17,19-22,24H,6-8,11-16,30-31H2,1-2H3,(H,32,38)(H,33,40)(H,34,39)(H,36,37)(H,42,43)/t19-,20-,21-,22-,24-/m0/s1. The van der Waals surface area contributed by atoms with E-state index >= 15 is 0 Å². The molecule has 1 fully saturated rings. The number of carbonyl (C=O) groups is 6. The summed E-state index contributed by atoms with van der Waals surface area (Å²) in [6.07, 6.45) is 1.57. The number of carboxylic acid groups (broad SMARTS) is 2. The van der Waals surface area contributed by atoms with Gasteiger partial charge >= 0.3 is 11.9 Å². The summed E-state index contributed by atoms with van der Waals surface area (Å²) in [5.41, 5.74) is 12.6. The van der Waals surface area contributed by atoms with E-state index in [0.29, 0.717) is 25.8 Å². The largest absolute Gasteiger partial charge is 0.481 e. The molecule has 0 saturated carbocycles. The lowest BCUT2D eigenvalue weighted by Gasteiger charge is -2.32. The molecular formula is C29H44N6O8. The zero-order valence-electron chi connectivity index (χ0n) is 24.7. The van der Waals surface area contributed by atoms with E-state index in [1.807, 2.05) is 30.3 Å². The molecule has 1 heterocycles.